The predicted octanol–water partition coefficient (Wildman–Crippen LogP) is 5.37. The van der Waals surface area contributed by atoms with Crippen LogP contribution in [0.2, 0.25) is 5.02 Å². The maximum Gasteiger partial charge on any atom is 0.330 e. The Morgan fingerprint density at radius 1 is 0.833 bits per heavy atom. The number of hydrogen-bond donors (Lipinski definition) is 3. The van der Waals surface area contributed by atoms with E-state index in [4.69, 9.17) is 30.5 Å². The number of ether oxygens (including phenoxy) is 4. The van der Waals surface area contributed by atoms with E-state index in [0.29, 0.717) is 55.9 Å². The zero-order chi connectivity index (χ0) is 50.3. The Morgan fingerprint density at radius 2 is 1.62 bits per heavy atom. The number of nitrogens with one attached hydrogen (secondary N) is 2. The summed E-state index contributed by atoms with van der Waals surface area (Å²) >= 11 is 6.77. The smallest absolute Gasteiger partial charge is 0.330 e. The molecule has 0 saturated carbocycles. The number of para-hydroxylation sites is 2. The van der Waals surface area contributed by atoms with E-state index in [1.807, 2.05) is 49.4 Å². The van der Waals surface area contributed by atoms with Gasteiger partial charge in [0.15, 0.2) is 5.78 Å². The molecule has 2 fully saturated rings. The number of carbonyl (C=O) groups excluding carboxylic acids is 5. The number of nitrogens with zero attached hydrogens (tertiary/aromatic N) is 5. The molecular formula is C53H56ClN7O11. The Morgan fingerprint density at radius 3 is 2.42 bits per heavy atom. The van der Waals surface area contributed by atoms with Gasteiger partial charge in [0.2, 0.25) is 11.8 Å². The van der Waals surface area contributed by atoms with Gasteiger partial charge in [-0.25, -0.2) is 4.79 Å². The third-order valence-corrected chi connectivity index (χ3v) is 13.5. The molecule has 3 N–H and O–H groups in total. The fourth-order valence-electron chi connectivity index (χ4n) is 9.55. The molecular weight excluding hydrogens is 946 g/mol. The van der Waals surface area contributed by atoms with Gasteiger partial charge in [0, 0.05) is 86.8 Å². The number of carbonyl (C=O) groups is 5. The summed E-state index contributed by atoms with van der Waals surface area (Å²) < 4.78 is 24.9. The number of phenolic OH excluding ortho intramolecular Hbond substituents is 1. The van der Waals surface area contributed by atoms with Crippen LogP contribution in [-0.4, -0.2) is 150 Å². The number of rotatable bonds is 20. The molecule has 0 spiro atoms. The molecule has 1 unspecified atom stereocenters. The average molecular weight is 1000 g/mol. The summed E-state index contributed by atoms with van der Waals surface area (Å²) in [4.78, 5) is 87.6. The summed E-state index contributed by atoms with van der Waals surface area (Å²) in [6.07, 6.45) is 6.01. The van der Waals surface area contributed by atoms with Crippen LogP contribution in [0, 0.1) is 0 Å². The number of imide groups is 2. The van der Waals surface area contributed by atoms with Gasteiger partial charge in [-0.3, -0.25) is 48.6 Å². The normalized spacial score (nSPS) is 17.8. The number of anilines is 1. The molecule has 4 amide bonds. The number of halogens is 1. The largest absolute Gasteiger partial charge is 0.507 e. The summed E-state index contributed by atoms with van der Waals surface area (Å²) in [6.45, 7) is 9.55. The maximum atomic E-state index is 13.6. The number of aromatic hydroxyl groups is 1. The number of hydrogen-bond acceptors (Lipinski definition) is 14. The van der Waals surface area contributed by atoms with Crippen molar-refractivity contribution in [1.29, 1.82) is 0 Å². The number of aromatic amines is 1. The Hall–Kier alpha value is -7.09. The minimum Gasteiger partial charge on any atom is -0.507 e. The molecule has 4 aliphatic rings. The molecule has 19 heteroatoms. The lowest BCUT2D eigenvalue weighted by Crippen LogP contribution is -2.54. The van der Waals surface area contributed by atoms with E-state index in [0.717, 1.165) is 78.6 Å². The summed E-state index contributed by atoms with van der Waals surface area (Å²) in [5.74, 6) is -2.17. The van der Waals surface area contributed by atoms with E-state index >= 15 is 0 Å². The van der Waals surface area contributed by atoms with Crippen LogP contribution in [-0.2, 0) is 25.6 Å². The number of phenols is 1. The molecule has 4 aromatic carbocycles. The van der Waals surface area contributed by atoms with E-state index in [2.05, 4.69) is 31.1 Å². The van der Waals surface area contributed by atoms with Crippen molar-refractivity contribution in [3.63, 3.8) is 0 Å². The van der Waals surface area contributed by atoms with Crippen LogP contribution in [0.25, 0.3) is 22.8 Å². The monoisotopic (exact) mass is 1000 g/mol. The van der Waals surface area contributed by atoms with Crippen molar-refractivity contribution in [1.82, 2.24) is 29.6 Å². The van der Waals surface area contributed by atoms with E-state index in [1.165, 1.54) is 18.2 Å². The number of aromatic nitrogens is 2. The molecule has 0 aliphatic carbocycles. The lowest BCUT2D eigenvalue weighted by atomic mass is 10.0. The first-order valence-corrected chi connectivity index (χ1v) is 24.6. The molecule has 5 heterocycles. The predicted molar refractivity (Wildman–Crippen MR) is 270 cm³/mol. The summed E-state index contributed by atoms with van der Waals surface area (Å²) in [5, 5.41) is 13.7. The minimum atomic E-state index is -1.05. The average Bonchev–Trinajstić information content (AvgIpc) is 3.85. The van der Waals surface area contributed by atoms with Crippen LogP contribution in [0.5, 0.6) is 17.2 Å². The Balaban J connectivity index is 0.694. The van der Waals surface area contributed by atoms with E-state index in [1.54, 1.807) is 28.8 Å². The summed E-state index contributed by atoms with van der Waals surface area (Å²) in [5.41, 5.74) is 5.04. The standard InChI is InChI=1S/C53H56ClN7O11/c1-2-71-47-31-45(63)39(29-35(47)32-58-18-6-7-37(33-58)60-42-10-4-3-9-41(42)55-53(60)68)44(62)16-13-34-12-14-36(30-40(34)54)59-21-19-57(20-22-59)23-24-69-25-26-70-27-28-72-46-11-5-8-38-49(46)52(67)61(51(38)66)43-15-17-48(64)56-50(43)65/h3-5,7-14,16,29-31,43,63H,2,6,15,17-28,32-33H2,1H3,(H,55,68)(H,56,64,65)/b16-13+. The molecule has 0 radical (unpaired) electrons. The highest BCUT2D eigenvalue weighted by Crippen LogP contribution is 2.35. The van der Waals surface area contributed by atoms with Gasteiger partial charge < -0.3 is 33.9 Å². The van der Waals surface area contributed by atoms with Gasteiger partial charge in [-0.1, -0.05) is 41.9 Å². The summed E-state index contributed by atoms with van der Waals surface area (Å²) in [7, 11) is 0. The van der Waals surface area contributed by atoms with Crippen LogP contribution >= 0.6 is 11.6 Å². The Kier molecular flexibility index (Phi) is 15.6. The second kappa shape index (κ2) is 22.5. The second-order valence-corrected chi connectivity index (χ2v) is 18.2. The number of H-pyrrole nitrogens is 1. The second-order valence-electron chi connectivity index (χ2n) is 17.8. The number of benzene rings is 4. The number of piperidine rings is 1. The first kappa shape index (κ1) is 49.9. The Labute approximate surface area is 420 Å². The van der Waals surface area contributed by atoms with Gasteiger partial charge in [0.25, 0.3) is 11.8 Å². The van der Waals surface area contributed by atoms with Crippen LogP contribution in [0.15, 0.2) is 89.7 Å². The van der Waals surface area contributed by atoms with Crippen molar-refractivity contribution in [2.45, 2.75) is 38.8 Å². The number of imidazole rings is 1. The van der Waals surface area contributed by atoms with E-state index in [-0.39, 0.29) is 65.7 Å². The maximum absolute atomic E-state index is 13.6. The SMILES string of the molecule is CCOc1cc(O)c(C(=O)/C=C/c2ccc(N3CCN(CCOCCOCCOc4cccc5c4C(=O)N(C4CCC(=O)NC4=O)C5=O)CC3)cc2Cl)cc1CN1CCC=C(n2c(=O)[nH]c3ccccc32)C1. The molecule has 2 saturated heterocycles. The molecule has 18 nitrogen and oxygen atoms in total. The van der Waals surface area contributed by atoms with Crippen molar-refractivity contribution in [3.05, 3.63) is 128 Å². The molecule has 9 rings (SSSR count). The van der Waals surface area contributed by atoms with Crippen molar-refractivity contribution in [2.75, 3.05) is 90.4 Å². The van der Waals surface area contributed by atoms with Gasteiger partial charge in [0.05, 0.1) is 60.8 Å². The van der Waals surface area contributed by atoms with Crippen LogP contribution in [0.3, 0.4) is 0 Å². The molecule has 0 bridgehead atoms. The van der Waals surface area contributed by atoms with Gasteiger partial charge in [-0.2, -0.15) is 0 Å². The molecule has 376 valence electrons. The number of amides is 4. The van der Waals surface area contributed by atoms with Gasteiger partial charge >= 0.3 is 5.69 Å². The van der Waals surface area contributed by atoms with Gasteiger partial charge in [-0.05, 0) is 79.9 Å². The fourth-order valence-corrected chi connectivity index (χ4v) is 9.79. The third kappa shape index (κ3) is 11.0. The van der Waals surface area contributed by atoms with E-state index < -0.39 is 29.7 Å². The first-order chi connectivity index (χ1) is 35.0. The first-order valence-electron chi connectivity index (χ1n) is 24.2. The topological polar surface area (TPSA) is 205 Å². The number of ketones is 1. The van der Waals surface area contributed by atoms with Crippen molar-refractivity contribution >= 4 is 69.5 Å². The highest BCUT2D eigenvalue weighted by atomic mass is 35.5. The zero-order valence-electron chi connectivity index (χ0n) is 39.9. The van der Waals surface area contributed by atoms with Crippen LogP contribution in [0.1, 0.15) is 68.4 Å². The van der Waals surface area contributed by atoms with Crippen molar-refractivity contribution in [2.24, 2.45) is 0 Å². The fraction of sp³-hybridized carbons (Fsp3) is 0.358. The van der Waals surface area contributed by atoms with E-state index in [9.17, 15) is 33.9 Å². The highest BCUT2D eigenvalue weighted by Gasteiger charge is 2.46. The van der Waals surface area contributed by atoms with Crippen LogP contribution < -0.4 is 25.4 Å². The minimum absolute atomic E-state index is 0.0400. The highest BCUT2D eigenvalue weighted by molar-refractivity contribution is 6.32. The molecule has 4 aliphatic heterocycles. The number of piperazine rings is 1. The van der Waals surface area contributed by atoms with Crippen molar-refractivity contribution in [3.8, 4) is 17.2 Å². The molecule has 1 atom stereocenters. The Bertz CT molecular complexity index is 3010. The lowest BCUT2D eigenvalue weighted by molar-refractivity contribution is -0.136. The number of allylic oxidation sites excluding steroid dienone is 1. The molecule has 72 heavy (non-hydrogen) atoms. The van der Waals surface area contributed by atoms with Gasteiger partial charge in [-0.15, -0.1) is 0 Å². The molecule has 1 aromatic heterocycles. The lowest BCUT2D eigenvalue weighted by Gasteiger charge is -2.36. The van der Waals surface area contributed by atoms with Gasteiger partial charge in [0.1, 0.15) is 29.9 Å². The number of fused-ring (bicyclic) bond motifs is 2. The molecule has 5 aromatic rings. The quantitative estimate of drug-likeness (QED) is 0.0389. The third-order valence-electron chi connectivity index (χ3n) is 13.2. The van der Waals surface area contributed by atoms with Crippen molar-refractivity contribution < 1.29 is 48.0 Å². The van der Waals surface area contributed by atoms with Crippen LogP contribution in [0.4, 0.5) is 5.69 Å². The zero-order valence-corrected chi connectivity index (χ0v) is 40.7. The summed E-state index contributed by atoms with van der Waals surface area (Å²) in [6, 6.07) is 20.2.